The van der Waals surface area contributed by atoms with Gasteiger partial charge in [-0.15, -0.1) is 13.2 Å². The van der Waals surface area contributed by atoms with E-state index < -0.39 is 32.9 Å². The summed E-state index contributed by atoms with van der Waals surface area (Å²) in [4.78, 5) is 12.6. The summed E-state index contributed by atoms with van der Waals surface area (Å²) in [6.07, 6.45) is -4.48. The van der Waals surface area contributed by atoms with Crippen LogP contribution in [0.5, 0.6) is 5.88 Å². The van der Waals surface area contributed by atoms with Gasteiger partial charge in [0, 0.05) is 0 Å². The average Bonchev–Trinajstić information content (AvgIpc) is 2.18. The smallest absolute Gasteiger partial charge is 0.387 e. The van der Waals surface area contributed by atoms with E-state index in [4.69, 9.17) is 5.26 Å². The van der Waals surface area contributed by atoms with Gasteiger partial charge in [0.2, 0.25) is 5.88 Å². The molecule has 0 fully saturated rings. The fourth-order valence-corrected chi connectivity index (χ4v) is 1.36. The van der Waals surface area contributed by atoms with Gasteiger partial charge >= 0.3 is 12.0 Å². The van der Waals surface area contributed by atoms with Gasteiger partial charge < -0.3 is 4.74 Å². The lowest BCUT2D eigenvalue weighted by molar-refractivity contribution is -0.385. The molecule has 0 aliphatic heterocycles. The topological polar surface area (TPSA) is 89.0 Å². The van der Waals surface area contributed by atoms with Crippen molar-refractivity contribution in [3.63, 3.8) is 0 Å². The Morgan fingerprint density at radius 1 is 1.59 bits per heavy atom. The Labute approximate surface area is 99.9 Å². The molecule has 0 radical (unpaired) electrons. The number of aromatic nitrogens is 1. The number of nitro groups is 1. The van der Waals surface area contributed by atoms with E-state index in [1.807, 2.05) is 0 Å². The highest BCUT2D eigenvalue weighted by atomic mass is 79.9. The second-order valence-electron chi connectivity index (χ2n) is 2.55. The van der Waals surface area contributed by atoms with E-state index in [0.717, 1.165) is 0 Å². The molecule has 1 heterocycles. The number of pyridine rings is 1. The van der Waals surface area contributed by atoms with Gasteiger partial charge in [0.1, 0.15) is 16.7 Å². The molecule has 17 heavy (non-hydrogen) atoms. The summed E-state index contributed by atoms with van der Waals surface area (Å²) in [7, 11) is 0. The van der Waals surface area contributed by atoms with E-state index in [1.54, 1.807) is 0 Å². The third kappa shape index (κ3) is 3.04. The number of halogens is 4. The number of nitrogens with zero attached hydrogens (tertiary/aromatic N) is 3. The lowest BCUT2D eigenvalue weighted by Crippen LogP contribution is -2.18. The van der Waals surface area contributed by atoms with Crippen LogP contribution in [0.1, 0.15) is 5.56 Å². The van der Waals surface area contributed by atoms with Gasteiger partial charge in [-0.3, -0.25) is 10.1 Å². The Bertz CT molecular complexity index is 512. The van der Waals surface area contributed by atoms with Crippen LogP contribution >= 0.6 is 15.9 Å². The molecule has 0 N–H and O–H groups in total. The van der Waals surface area contributed by atoms with Crippen molar-refractivity contribution in [2.75, 3.05) is 0 Å². The summed E-state index contributed by atoms with van der Waals surface area (Å²) in [5, 5.41) is 19.1. The average molecular weight is 312 g/mol. The molecule has 0 amide bonds. The molecule has 0 saturated carbocycles. The molecule has 1 aromatic rings. The molecule has 0 aliphatic rings. The second kappa shape index (κ2) is 4.54. The zero-order valence-corrected chi connectivity index (χ0v) is 9.24. The first-order valence-corrected chi connectivity index (χ1v) is 4.54. The first kappa shape index (κ1) is 13.2. The predicted octanol–water partition coefficient (Wildman–Crippen LogP) is 2.52. The number of alkyl halides is 3. The minimum atomic E-state index is -5.00. The van der Waals surface area contributed by atoms with Crippen molar-refractivity contribution in [2.45, 2.75) is 6.36 Å². The molecular weight excluding hydrogens is 311 g/mol. The van der Waals surface area contributed by atoms with Crippen LogP contribution in [0.25, 0.3) is 0 Å². The molecule has 1 rings (SSSR count). The van der Waals surface area contributed by atoms with E-state index in [2.05, 4.69) is 25.7 Å². The first-order chi connectivity index (χ1) is 7.76. The fourth-order valence-electron chi connectivity index (χ4n) is 0.886. The lowest BCUT2D eigenvalue weighted by Gasteiger charge is -2.09. The maximum absolute atomic E-state index is 11.9. The van der Waals surface area contributed by atoms with Crippen molar-refractivity contribution in [1.82, 2.24) is 4.98 Å². The first-order valence-electron chi connectivity index (χ1n) is 3.75. The van der Waals surface area contributed by atoms with Crippen LogP contribution < -0.4 is 4.74 Å². The Hall–Kier alpha value is -1.89. The fraction of sp³-hybridized carbons (Fsp3) is 0.143. The van der Waals surface area contributed by atoms with Crippen molar-refractivity contribution in [2.24, 2.45) is 0 Å². The van der Waals surface area contributed by atoms with Crippen LogP contribution in [0.15, 0.2) is 10.7 Å². The largest absolute Gasteiger partial charge is 0.574 e. The Kier molecular flexibility index (Phi) is 3.52. The van der Waals surface area contributed by atoms with Crippen LogP contribution in [0.4, 0.5) is 18.9 Å². The van der Waals surface area contributed by atoms with Gasteiger partial charge in [-0.2, -0.15) is 5.26 Å². The molecule has 0 atom stereocenters. The predicted molar refractivity (Wildman–Crippen MR) is 50.0 cm³/mol. The summed E-state index contributed by atoms with van der Waals surface area (Å²) in [6.45, 7) is 0. The number of rotatable bonds is 2. The second-order valence-corrected chi connectivity index (χ2v) is 3.35. The van der Waals surface area contributed by atoms with Crippen molar-refractivity contribution >= 4 is 21.6 Å². The maximum atomic E-state index is 11.9. The molecule has 0 aromatic carbocycles. The molecule has 1 aromatic heterocycles. The third-order valence-corrected chi connectivity index (χ3v) is 2.22. The summed E-state index contributed by atoms with van der Waals surface area (Å²) in [5.74, 6) is -0.959. The molecule has 0 aliphatic carbocycles. The standard InChI is InChI=1S/C7HBrF3N3O3/c8-5-3(1-12)4(14(15)16)2-13-6(5)17-7(9,10)11/h2H. The Morgan fingerprint density at radius 2 is 2.18 bits per heavy atom. The highest BCUT2D eigenvalue weighted by Crippen LogP contribution is 2.34. The van der Waals surface area contributed by atoms with Gasteiger partial charge in [-0.1, -0.05) is 0 Å². The summed E-state index contributed by atoms with van der Waals surface area (Å²) in [6, 6.07) is 1.40. The molecule has 6 nitrogen and oxygen atoms in total. The van der Waals surface area contributed by atoms with Gasteiger partial charge in [-0.05, 0) is 15.9 Å². The van der Waals surface area contributed by atoms with Gasteiger partial charge in [0.25, 0.3) is 0 Å². The van der Waals surface area contributed by atoms with Crippen molar-refractivity contribution in [1.29, 1.82) is 5.26 Å². The Morgan fingerprint density at radius 3 is 2.59 bits per heavy atom. The monoisotopic (exact) mass is 311 g/mol. The van der Waals surface area contributed by atoms with E-state index in [9.17, 15) is 23.3 Å². The van der Waals surface area contributed by atoms with Crippen LogP contribution in [0.2, 0.25) is 0 Å². The Balaban J connectivity index is 3.32. The number of ether oxygens (including phenoxy) is 1. The highest BCUT2D eigenvalue weighted by molar-refractivity contribution is 9.10. The van der Waals surface area contributed by atoms with Crippen LogP contribution in [0, 0.1) is 21.4 Å². The normalized spacial score (nSPS) is 10.8. The zero-order chi connectivity index (χ0) is 13.2. The van der Waals surface area contributed by atoms with Gasteiger partial charge in [0.05, 0.1) is 4.92 Å². The van der Waals surface area contributed by atoms with Gasteiger partial charge in [-0.25, -0.2) is 4.98 Å². The quantitative estimate of drug-likeness (QED) is 0.618. The minimum Gasteiger partial charge on any atom is -0.387 e. The van der Waals surface area contributed by atoms with Crippen LogP contribution in [-0.2, 0) is 0 Å². The summed E-state index contributed by atoms with van der Waals surface area (Å²) in [5.41, 5.74) is -1.31. The van der Waals surface area contributed by atoms with E-state index >= 15 is 0 Å². The maximum Gasteiger partial charge on any atom is 0.574 e. The third-order valence-electron chi connectivity index (χ3n) is 1.49. The molecule has 0 unspecified atom stereocenters. The van der Waals surface area contributed by atoms with E-state index in [0.29, 0.717) is 6.20 Å². The van der Waals surface area contributed by atoms with Crippen molar-refractivity contribution < 1.29 is 22.8 Å². The number of hydrogen-bond acceptors (Lipinski definition) is 5. The lowest BCUT2D eigenvalue weighted by atomic mass is 10.2. The molecule has 0 bridgehead atoms. The highest BCUT2D eigenvalue weighted by Gasteiger charge is 2.34. The summed E-state index contributed by atoms with van der Waals surface area (Å²) < 4.78 is 38.7. The molecule has 90 valence electrons. The van der Waals surface area contributed by atoms with Crippen molar-refractivity contribution in [3.05, 3.63) is 26.3 Å². The SMILES string of the molecule is N#Cc1c([N+](=O)[O-])cnc(OC(F)(F)F)c1Br. The molecule has 10 heteroatoms. The minimum absolute atomic E-state index is 0.518. The number of hydrogen-bond donors (Lipinski definition) is 0. The molecule has 0 spiro atoms. The van der Waals surface area contributed by atoms with Crippen LogP contribution in [-0.4, -0.2) is 16.3 Å². The molecule has 0 saturated heterocycles. The zero-order valence-electron chi connectivity index (χ0n) is 7.66. The van der Waals surface area contributed by atoms with E-state index in [1.165, 1.54) is 6.07 Å². The van der Waals surface area contributed by atoms with E-state index in [-0.39, 0.29) is 0 Å². The van der Waals surface area contributed by atoms with Gasteiger partial charge in [0.15, 0.2) is 5.56 Å². The molecular formula is C7HBrF3N3O3. The van der Waals surface area contributed by atoms with Crippen LogP contribution in [0.3, 0.4) is 0 Å². The summed E-state index contributed by atoms with van der Waals surface area (Å²) >= 11 is 2.60. The number of nitriles is 1. The van der Waals surface area contributed by atoms with Crippen molar-refractivity contribution in [3.8, 4) is 11.9 Å².